The molecule has 0 aliphatic carbocycles. The van der Waals surface area contributed by atoms with E-state index in [9.17, 15) is 4.79 Å². The first-order valence-corrected chi connectivity index (χ1v) is 10.3. The van der Waals surface area contributed by atoms with E-state index in [0.717, 1.165) is 58.3 Å². The predicted octanol–water partition coefficient (Wildman–Crippen LogP) is 3.78. The minimum absolute atomic E-state index is 0.203. The number of hydrogen-bond donors (Lipinski definition) is 0. The van der Waals surface area contributed by atoms with E-state index in [1.165, 1.54) is 11.3 Å². The van der Waals surface area contributed by atoms with Gasteiger partial charge in [-0.15, -0.1) is 0 Å². The van der Waals surface area contributed by atoms with Crippen molar-refractivity contribution >= 4 is 11.6 Å². The zero-order chi connectivity index (χ0) is 18.5. The van der Waals surface area contributed by atoms with Gasteiger partial charge >= 0.3 is 0 Å². The first-order valence-electron chi connectivity index (χ1n) is 10.3. The molecule has 3 heterocycles. The van der Waals surface area contributed by atoms with Crippen molar-refractivity contribution in [3.8, 4) is 0 Å². The first kappa shape index (κ1) is 18.0. The zero-order valence-electron chi connectivity index (χ0n) is 16.0. The number of benzene rings is 1. The molecule has 1 aromatic carbocycles. The van der Waals surface area contributed by atoms with E-state index in [2.05, 4.69) is 57.2 Å². The number of likely N-dealkylation sites (tertiary alicyclic amines) is 1. The van der Waals surface area contributed by atoms with Crippen molar-refractivity contribution in [1.82, 2.24) is 9.88 Å². The molecule has 0 radical (unpaired) electrons. The highest BCUT2D eigenvalue weighted by Crippen LogP contribution is 2.27. The summed E-state index contributed by atoms with van der Waals surface area (Å²) in [7, 11) is 0. The second kappa shape index (κ2) is 8.55. The Morgan fingerprint density at radius 3 is 2.22 bits per heavy atom. The maximum atomic E-state index is 13.0. The largest absolute Gasteiger partial charge is 0.371 e. The number of rotatable bonds is 4. The van der Waals surface area contributed by atoms with E-state index < -0.39 is 0 Å². The summed E-state index contributed by atoms with van der Waals surface area (Å²) in [5.74, 6) is 1.31. The summed E-state index contributed by atoms with van der Waals surface area (Å²) in [4.78, 5) is 21.6. The molecule has 0 N–H and O–H groups in total. The SMILES string of the molecule is O=C(C1CCN(c2ccncc2)CC1)N1CCC(Cc2ccccc2)CC1. The van der Waals surface area contributed by atoms with Crippen molar-refractivity contribution in [2.45, 2.75) is 32.1 Å². The number of pyridine rings is 1. The molecule has 0 saturated carbocycles. The molecule has 27 heavy (non-hydrogen) atoms. The van der Waals surface area contributed by atoms with Crippen LogP contribution >= 0.6 is 0 Å². The van der Waals surface area contributed by atoms with Crippen molar-refractivity contribution in [3.05, 3.63) is 60.4 Å². The van der Waals surface area contributed by atoms with Crippen molar-refractivity contribution in [2.75, 3.05) is 31.1 Å². The first-order chi connectivity index (χ1) is 13.3. The molecular formula is C23H29N3O. The summed E-state index contributed by atoms with van der Waals surface area (Å²) >= 11 is 0. The van der Waals surface area contributed by atoms with Crippen LogP contribution in [0.3, 0.4) is 0 Å². The van der Waals surface area contributed by atoms with Gasteiger partial charge in [-0.05, 0) is 55.7 Å². The third-order valence-electron chi connectivity index (χ3n) is 6.17. The molecule has 4 heteroatoms. The van der Waals surface area contributed by atoms with Crippen LogP contribution in [0.4, 0.5) is 5.69 Å². The van der Waals surface area contributed by atoms with Gasteiger partial charge < -0.3 is 9.80 Å². The van der Waals surface area contributed by atoms with Gasteiger partial charge in [-0.2, -0.15) is 0 Å². The minimum Gasteiger partial charge on any atom is -0.371 e. The lowest BCUT2D eigenvalue weighted by Gasteiger charge is -2.38. The molecule has 2 aliphatic rings. The number of nitrogens with zero attached hydrogens (tertiary/aromatic N) is 3. The third kappa shape index (κ3) is 4.49. The van der Waals surface area contributed by atoms with Gasteiger partial charge in [-0.1, -0.05) is 30.3 Å². The highest BCUT2D eigenvalue weighted by atomic mass is 16.2. The van der Waals surface area contributed by atoms with Gasteiger partial charge in [-0.3, -0.25) is 9.78 Å². The Hall–Kier alpha value is -2.36. The number of aromatic nitrogens is 1. The van der Waals surface area contributed by atoms with Gasteiger partial charge in [0.25, 0.3) is 0 Å². The molecule has 1 amide bonds. The number of piperidine rings is 2. The summed E-state index contributed by atoms with van der Waals surface area (Å²) in [6.07, 6.45) is 9.02. The molecule has 4 nitrogen and oxygen atoms in total. The Balaban J connectivity index is 1.24. The van der Waals surface area contributed by atoms with Crippen LogP contribution in [0.1, 0.15) is 31.2 Å². The third-order valence-corrected chi connectivity index (χ3v) is 6.17. The molecule has 1 aromatic heterocycles. The molecular weight excluding hydrogens is 334 g/mol. The molecule has 2 aromatic rings. The fraction of sp³-hybridized carbons (Fsp3) is 0.478. The van der Waals surface area contributed by atoms with Crippen molar-refractivity contribution in [3.63, 3.8) is 0 Å². The Kier molecular flexibility index (Phi) is 5.71. The normalized spacial score (nSPS) is 19.3. The molecule has 4 rings (SSSR count). The zero-order valence-corrected chi connectivity index (χ0v) is 16.0. The van der Waals surface area contributed by atoms with E-state index in [1.807, 2.05) is 12.4 Å². The van der Waals surface area contributed by atoms with Crippen molar-refractivity contribution in [1.29, 1.82) is 0 Å². The highest BCUT2D eigenvalue weighted by molar-refractivity contribution is 5.79. The van der Waals surface area contributed by atoms with Gasteiger partial charge in [0.1, 0.15) is 0 Å². The van der Waals surface area contributed by atoms with Gasteiger partial charge in [0, 0.05) is 50.2 Å². The maximum absolute atomic E-state index is 13.0. The fourth-order valence-electron chi connectivity index (χ4n) is 4.50. The minimum atomic E-state index is 0.203. The second-order valence-corrected chi connectivity index (χ2v) is 7.93. The fourth-order valence-corrected chi connectivity index (χ4v) is 4.50. The quantitative estimate of drug-likeness (QED) is 0.829. The van der Waals surface area contributed by atoms with Crippen LogP contribution < -0.4 is 4.90 Å². The Morgan fingerprint density at radius 1 is 0.889 bits per heavy atom. The molecule has 0 atom stereocenters. The molecule has 0 bridgehead atoms. The lowest BCUT2D eigenvalue weighted by molar-refractivity contribution is -0.137. The number of carbonyl (C=O) groups excluding carboxylic acids is 1. The van der Waals surface area contributed by atoms with Crippen LogP contribution in [-0.4, -0.2) is 42.0 Å². The van der Waals surface area contributed by atoms with Crippen LogP contribution in [-0.2, 0) is 11.2 Å². The van der Waals surface area contributed by atoms with Gasteiger partial charge in [0.15, 0.2) is 0 Å². The average molecular weight is 364 g/mol. The van der Waals surface area contributed by atoms with Crippen LogP contribution in [0, 0.1) is 11.8 Å². The Labute approximate surface area is 162 Å². The van der Waals surface area contributed by atoms with E-state index in [0.29, 0.717) is 11.8 Å². The lowest BCUT2D eigenvalue weighted by atomic mass is 9.88. The highest BCUT2D eigenvalue weighted by Gasteiger charge is 2.31. The summed E-state index contributed by atoms with van der Waals surface area (Å²) in [5.41, 5.74) is 2.64. The van der Waals surface area contributed by atoms with E-state index in [4.69, 9.17) is 0 Å². The summed E-state index contributed by atoms with van der Waals surface area (Å²) in [6.45, 7) is 3.79. The van der Waals surface area contributed by atoms with Gasteiger partial charge in [0.2, 0.25) is 5.91 Å². The maximum Gasteiger partial charge on any atom is 0.225 e. The predicted molar refractivity (Wildman–Crippen MR) is 109 cm³/mol. The molecule has 0 spiro atoms. The second-order valence-electron chi connectivity index (χ2n) is 7.93. The van der Waals surface area contributed by atoms with E-state index in [1.54, 1.807) is 0 Å². The number of amides is 1. The number of carbonyl (C=O) groups is 1. The van der Waals surface area contributed by atoms with Crippen LogP contribution in [0.25, 0.3) is 0 Å². The van der Waals surface area contributed by atoms with E-state index >= 15 is 0 Å². The van der Waals surface area contributed by atoms with Crippen molar-refractivity contribution in [2.24, 2.45) is 11.8 Å². The Bertz CT molecular complexity index is 718. The summed E-state index contributed by atoms with van der Waals surface area (Å²) in [5, 5.41) is 0. The topological polar surface area (TPSA) is 36.4 Å². The lowest BCUT2D eigenvalue weighted by Crippen LogP contribution is -2.45. The molecule has 142 valence electrons. The van der Waals surface area contributed by atoms with Crippen LogP contribution in [0.2, 0.25) is 0 Å². The van der Waals surface area contributed by atoms with Crippen LogP contribution in [0.5, 0.6) is 0 Å². The van der Waals surface area contributed by atoms with Gasteiger partial charge in [-0.25, -0.2) is 0 Å². The van der Waals surface area contributed by atoms with Crippen LogP contribution in [0.15, 0.2) is 54.9 Å². The molecule has 2 saturated heterocycles. The average Bonchev–Trinajstić information content (AvgIpc) is 2.75. The van der Waals surface area contributed by atoms with Gasteiger partial charge in [0.05, 0.1) is 0 Å². The molecule has 2 fully saturated rings. The summed E-state index contributed by atoms with van der Waals surface area (Å²) in [6, 6.07) is 14.9. The standard InChI is InChI=1S/C23H29N3O/c27-23(21-10-16-25(17-11-21)22-6-12-24-13-7-22)26-14-8-20(9-15-26)18-19-4-2-1-3-5-19/h1-7,12-13,20-21H,8-11,14-18H2. The van der Waals surface area contributed by atoms with Crippen molar-refractivity contribution < 1.29 is 4.79 Å². The smallest absolute Gasteiger partial charge is 0.225 e. The number of anilines is 1. The molecule has 2 aliphatic heterocycles. The monoisotopic (exact) mass is 363 g/mol. The Morgan fingerprint density at radius 2 is 1.56 bits per heavy atom. The number of hydrogen-bond acceptors (Lipinski definition) is 3. The van der Waals surface area contributed by atoms with E-state index in [-0.39, 0.29) is 5.92 Å². The summed E-state index contributed by atoms with van der Waals surface area (Å²) < 4.78 is 0. The molecule has 0 unspecified atom stereocenters.